The maximum absolute atomic E-state index is 13.3. The van der Waals surface area contributed by atoms with Crippen LogP contribution >= 0.6 is 15.9 Å². The van der Waals surface area contributed by atoms with E-state index in [1.807, 2.05) is 0 Å². The van der Waals surface area contributed by atoms with E-state index in [-0.39, 0.29) is 15.9 Å². The predicted octanol–water partition coefficient (Wildman–Crippen LogP) is 1.83. The molecule has 0 aliphatic heterocycles. The summed E-state index contributed by atoms with van der Waals surface area (Å²) in [6.45, 7) is 0.211. The smallest absolute Gasteiger partial charge is 0.240 e. The Morgan fingerprint density at radius 2 is 2.21 bits per heavy atom. The van der Waals surface area contributed by atoms with Crippen LogP contribution in [0.25, 0.3) is 0 Å². The molecule has 102 valence electrons. The standard InChI is InChI=1S/C11H11BrFN3O2S/c12-10-2-1-9(5-11(10)13)19(17,18)16-4-3-8-6-14-7-15-8/h1-2,5-7,16H,3-4H2,(H,14,15). The second-order valence-corrected chi connectivity index (χ2v) is 6.42. The maximum atomic E-state index is 13.3. The first-order chi connectivity index (χ1) is 8.99. The largest absolute Gasteiger partial charge is 0.348 e. The first kappa shape index (κ1) is 14.2. The average Bonchev–Trinajstić information content (AvgIpc) is 2.85. The summed E-state index contributed by atoms with van der Waals surface area (Å²) < 4.78 is 39.7. The van der Waals surface area contributed by atoms with E-state index < -0.39 is 15.8 Å². The summed E-state index contributed by atoms with van der Waals surface area (Å²) in [5, 5.41) is 0. The van der Waals surface area contributed by atoms with Crippen molar-refractivity contribution in [1.82, 2.24) is 14.7 Å². The number of halogens is 2. The molecule has 0 aliphatic carbocycles. The summed E-state index contributed by atoms with van der Waals surface area (Å²) in [6, 6.07) is 3.67. The highest BCUT2D eigenvalue weighted by atomic mass is 79.9. The lowest BCUT2D eigenvalue weighted by molar-refractivity contribution is 0.576. The van der Waals surface area contributed by atoms with Gasteiger partial charge in [-0.05, 0) is 34.1 Å². The van der Waals surface area contributed by atoms with Crippen LogP contribution in [-0.4, -0.2) is 24.9 Å². The van der Waals surface area contributed by atoms with E-state index in [2.05, 4.69) is 30.6 Å². The summed E-state index contributed by atoms with van der Waals surface area (Å²) in [5.41, 5.74) is 0.824. The molecule has 0 fully saturated rings. The van der Waals surface area contributed by atoms with Gasteiger partial charge in [-0.25, -0.2) is 22.5 Å². The highest BCUT2D eigenvalue weighted by Gasteiger charge is 2.15. The molecule has 0 atom stereocenters. The van der Waals surface area contributed by atoms with Gasteiger partial charge in [0.25, 0.3) is 0 Å². The lowest BCUT2D eigenvalue weighted by Crippen LogP contribution is -2.26. The van der Waals surface area contributed by atoms with Crippen LogP contribution in [0.5, 0.6) is 0 Å². The number of sulfonamides is 1. The number of hydrogen-bond acceptors (Lipinski definition) is 3. The van der Waals surface area contributed by atoms with Crippen molar-refractivity contribution in [3.05, 3.63) is 46.7 Å². The highest BCUT2D eigenvalue weighted by molar-refractivity contribution is 9.10. The van der Waals surface area contributed by atoms with Gasteiger partial charge in [0.05, 0.1) is 15.7 Å². The molecule has 0 saturated heterocycles. The van der Waals surface area contributed by atoms with Gasteiger partial charge in [-0.3, -0.25) is 0 Å². The van der Waals surface area contributed by atoms with Gasteiger partial charge in [-0.1, -0.05) is 0 Å². The van der Waals surface area contributed by atoms with Crippen molar-refractivity contribution in [3.8, 4) is 0 Å². The molecule has 0 saturated carbocycles. The van der Waals surface area contributed by atoms with Crippen LogP contribution in [0.15, 0.2) is 40.1 Å². The van der Waals surface area contributed by atoms with Crippen LogP contribution in [0.4, 0.5) is 4.39 Å². The molecule has 1 aromatic carbocycles. The van der Waals surface area contributed by atoms with Crippen LogP contribution in [0.2, 0.25) is 0 Å². The minimum atomic E-state index is -3.70. The second kappa shape index (κ2) is 5.81. The minimum Gasteiger partial charge on any atom is -0.348 e. The van der Waals surface area contributed by atoms with Gasteiger partial charge in [0, 0.05) is 24.9 Å². The van der Waals surface area contributed by atoms with E-state index in [0.717, 1.165) is 11.8 Å². The molecule has 0 unspecified atom stereocenters. The van der Waals surface area contributed by atoms with E-state index in [1.165, 1.54) is 18.5 Å². The van der Waals surface area contributed by atoms with Gasteiger partial charge in [0.2, 0.25) is 10.0 Å². The molecule has 2 N–H and O–H groups in total. The molecule has 1 heterocycles. The zero-order valence-corrected chi connectivity index (χ0v) is 12.1. The number of nitrogens with one attached hydrogen (secondary N) is 2. The number of H-pyrrole nitrogens is 1. The maximum Gasteiger partial charge on any atom is 0.240 e. The second-order valence-electron chi connectivity index (χ2n) is 3.80. The van der Waals surface area contributed by atoms with Gasteiger partial charge in [0.1, 0.15) is 5.82 Å². The lowest BCUT2D eigenvalue weighted by atomic mass is 10.3. The van der Waals surface area contributed by atoms with Gasteiger partial charge >= 0.3 is 0 Å². The van der Waals surface area contributed by atoms with Crippen LogP contribution in [0, 0.1) is 5.82 Å². The van der Waals surface area contributed by atoms with E-state index in [4.69, 9.17) is 0 Å². The summed E-state index contributed by atoms with van der Waals surface area (Å²) in [5.74, 6) is -0.614. The zero-order chi connectivity index (χ0) is 13.9. The first-order valence-electron chi connectivity index (χ1n) is 5.41. The molecule has 0 spiro atoms. The average molecular weight is 348 g/mol. The number of rotatable bonds is 5. The Hall–Kier alpha value is -1.25. The summed E-state index contributed by atoms with van der Waals surface area (Å²) in [7, 11) is -3.70. The van der Waals surface area contributed by atoms with Crippen LogP contribution < -0.4 is 4.72 Å². The molecule has 0 radical (unpaired) electrons. The molecule has 19 heavy (non-hydrogen) atoms. The van der Waals surface area contributed by atoms with E-state index in [0.29, 0.717) is 6.42 Å². The Morgan fingerprint density at radius 1 is 1.42 bits per heavy atom. The number of aromatic amines is 1. The van der Waals surface area contributed by atoms with E-state index >= 15 is 0 Å². The summed E-state index contributed by atoms with van der Waals surface area (Å²) >= 11 is 2.97. The number of hydrogen-bond donors (Lipinski definition) is 2. The Kier molecular flexibility index (Phi) is 4.33. The number of aromatic nitrogens is 2. The fourth-order valence-corrected chi connectivity index (χ4v) is 2.76. The molecule has 1 aromatic heterocycles. The molecule has 2 rings (SSSR count). The number of benzene rings is 1. The highest BCUT2D eigenvalue weighted by Crippen LogP contribution is 2.19. The van der Waals surface area contributed by atoms with Crippen molar-refractivity contribution in [2.75, 3.05) is 6.54 Å². The Bertz CT molecular complexity index is 659. The SMILES string of the molecule is O=S(=O)(NCCc1cnc[nH]1)c1ccc(Br)c(F)c1. The van der Waals surface area contributed by atoms with Crippen molar-refractivity contribution in [1.29, 1.82) is 0 Å². The third-order valence-electron chi connectivity index (χ3n) is 2.44. The normalized spacial score (nSPS) is 11.7. The van der Waals surface area contributed by atoms with Crippen LogP contribution in [0.3, 0.4) is 0 Å². The zero-order valence-electron chi connectivity index (χ0n) is 9.73. The fourth-order valence-electron chi connectivity index (χ4n) is 1.47. The van der Waals surface area contributed by atoms with Gasteiger partial charge in [-0.15, -0.1) is 0 Å². The Morgan fingerprint density at radius 3 is 2.84 bits per heavy atom. The van der Waals surface area contributed by atoms with Crippen molar-refractivity contribution in [2.45, 2.75) is 11.3 Å². The molecular weight excluding hydrogens is 337 g/mol. The van der Waals surface area contributed by atoms with Crippen LogP contribution in [0.1, 0.15) is 5.69 Å². The van der Waals surface area contributed by atoms with E-state index in [9.17, 15) is 12.8 Å². The molecule has 2 aromatic rings. The van der Waals surface area contributed by atoms with Gasteiger partial charge < -0.3 is 4.98 Å². The fraction of sp³-hybridized carbons (Fsp3) is 0.182. The predicted molar refractivity (Wildman–Crippen MR) is 71.6 cm³/mol. The Balaban J connectivity index is 2.03. The summed E-state index contributed by atoms with van der Waals surface area (Å²) in [6.07, 6.45) is 3.62. The third-order valence-corrected chi connectivity index (χ3v) is 4.54. The first-order valence-corrected chi connectivity index (χ1v) is 7.68. The number of imidazole rings is 1. The van der Waals surface area contributed by atoms with Crippen LogP contribution in [-0.2, 0) is 16.4 Å². The third kappa shape index (κ3) is 3.62. The van der Waals surface area contributed by atoms with Gasteiger partial charge in [0.15, 0.2) is 0 Å². The quantitative estimate of drug-likeness (QED) is 0.866. The van der Waals surface area contributed by atoms with Crippen molar-refractivity contribution in [3.63, 3.8) is 0 Å². The summed E-state index contributed by atoms with van der Waals surface area (Å²) in [4.78, 5) is 6.60. The van der Waals surface area contributed by atoms with Gasteiger partial charge in [-0.2, -0.15) is 0 Å². The molecule has 0 bridgehead atoms. The molecule has 5 nitrogen and oxygen atoms in total. The van der Waals surface area contributed by atoms with Crippen molar-refractivity contribution < 1.29 is 12.8 Å². The monoisotopic (exact) mass is 347 g/mol. The lowest BCUT2D eigenvalue weighted by Gasteiger charge is -2.06. The molecular formula is C11H11BrFN3O2S. The minimum absolute atomic E-state index is 0.0992. The molecule has 8 heteroatoms. The Labute approximate surface area is 118 Å². The molecule has 0 amide bonds. The van der Waals surface area contributed by atoms with Crippen molar-refractivity contribution in [2.24, 2.45) is 0 Å². The number of nitrogens with zero attached hydrogens (tertiary/aromatic N) is 1. The molecule has 0 aliphatic rings. The van der Waals surface area contributed by atoms with E-state index in [1.54, 1.807) is 6.20 Å². The topological polar surface area (TPSA) is 74.8 Å². The van der Waals surface area contributed by atoms with Crippen molar-refractivity contribution >= 4 is 26.0 Å².